The molecule has 1 N–H and O–H groups in total. The molecular weight excluding hydrogens is 383 g/mol. The Balaban J connectivity index is 1.85. The molecule has 1 heterocycles. The van der Waals surface area contributed by atoms with Crippen molar-refractivity contribution in [2.24, 2.45) is 4.99 Å². The number of rotatable bonds is 7. The van der Waals surface area contributed by atoms with Gasteiger partial charge in [-0.3, -0.25) is 4.99 Å². The van der Waals surface area contributed by atoms with Crippen LogP contribution in [0.1, 0.15) is 25.0 Å². The van der Waals surface area contributed by atoms with Crippen LogP contribution in [0, 0.1) is 12.7 Å². The molecule has 1 aliphatic rings. The SMILES string of the molecule is CN=C(NCc1ccc(F)c(C)c1)N1CCN(S(=O)(=O)CCOC(C)C)CC1. The van der Waals surface area contributed by atoms with Crippen molar-refractivity contribution in [2.45, 2.75) is 33.4 Å². The fraction of sp³-hybridized carbons (Fsp3) is 0.632. The summed E-state index contributed by atoms with van der Waals surface area (Å²) in [5, 5.41) is 3.27. The van der Waals surface area contributed by atoms with Gasteiger partial charge in [0.05, 0.1) is 18.5 Å². The fourth-order valence-corrected chi connectivity index (χ4v) is 4.31. The molecule has 7 nitrogen and oxygen atoms in total. The molecule has 1 aliphatic heterocycles. The van der Waals surface area contributed by atoms with Gasteiger partial charge in [0.25, 0.3) is 0 Å². The number of benzene rings is 1. The lowest BCUT2D eigenvalue weighted by Gasteiger charge is -2.35. The third kappa shape index (κ3) is 6.42. The Morgan fingerprint density at radius 1 is 1.29 bits per heavy atom. The number of aliphatic imine (C=N–C) groups is 1. The van der Waals surface area contributed by atoms with Gasteiger partial charge in [0, 0.05) is 39.8 Å². The molecule has 0 bridgehead atoms. The third-order valence-electron chi connectivity index (χ3n) is 4.61. The van der Waals surface area contributed by atoms with E-state index in [1.54, 1.807) is 26.1 Å². The van der Waals surface area contributed by atoms with Crippen LogP contribution < -0.4 is 5.32 Å². The second-order valence-corrected chi connectivity index (χ2v) is 9.19. The highest BCUT2D eigenvalue weighted by molar-refractivity contribution is 7.89. The molecule has 0 saturated carbocycles. The zero-order valence-corrected chi connectivity index (χ0v) is 17.9. The number of guanidine groups is 1. The first kappa shape index (κ1) is 22.6. The molecule has 0 unspecified atom stereocenters. The highest BCUT2D eigenvalue weighted by Crippen LogP contribution is 2.11. The van der Waals surface area contributed by atoms with Crippen molar-refractivity contribution >= 4 is 16.0 Å². The molecule has 0 spiro atoms. The Morgan fingerprint density at radius 3 is 2.54 bits per heavy atom. The van der Waals surface area contributed by atoms with Crippen molar-refractivity contribution in [3.05, 3.63) is 35.1 Å². The van der Waals surface area contributed by atoms with E-state index >= 15 is 0 Å². The van der Waals surface area contributed by atoms with Gasteiger partial charge in [0.1, 0.15) is 5.82 Å². The van der Waals surface area contributed by atoms with Gasteiger partial charge in [-0.25, -0.2) is 12.8 Å². The van der Waals surface area contributed by atoms with E-state index in [0.717, 1.165) is 5.56 Å². The molecule has 1 aromatic carbocycles. The molecule has 1 fully saturated rings. The van der Waals surface area contributed by atoms with Gasteiger partial charge in [-0.15, -0.1) is 0 Å². The molecule has 0 atom stereocenters. The van der Waals surface area contributed by atoms with E-state index in [-0.39, 0.29) is 24.3 Å². The maximum absolute atomic E-state index is 13.4. The molecule has 2 rings (SSSR count). The number of aryl methyl sites for hydroxylation is 1. The molecule has 0 radical (unpaired) electrons. The minimum Gasteiger partial charge on any atom is -0.378 e. The lowest BCUT2D eigenvalue weighted by Crippen LogP contribution is -2.54. The van der Waals surface area contributed by atoms with Crippen molar-refractivity contribution in [3.8, 4) is 0 Å². The van der Waals surface area contributed by atoms with Gasteiger partial charge in [-0.1, -0.05) is 12.1 Å². The third-order valence-corrected chi connectivity index (χ3v) is 6.44. The first-order valence-electron chi connectivity index (χ1n) is 9.53. The predicted molar refractivity (Wildman–Crippen MR) is 109 cm³/mol. The van der Waals surface area contributed by atoms with E-state index in [9.17, 15) is 12.8 Å². The predicted octanol–water partition coefficient (Wildman–Crippen LogP) is 1.58. The summed E-state index contributed by atoms with van der Waals surface area (Å²) in [7, 11) is -1.61. The quantitative estimate of drug-likeness (QED) is 0.542. The van der Waals surface area contributed by atoms with E-state index in [1.807, 2.05) is 18.7 Å². The van der Waals surface area contributed by atoms with Crippen molar-refractivity contribution in [1.82, 2.24) is 14.5 Å². The summed E-state index contributed by atoms with van der Waals surface area (Å²) in [6.07, 6.45) is 0.0198. The van der Waals surface area contributed by atoms with Crippen LogP contribution in [0.5, 0.6) is 0 Å². The molecule has 158 valence electrons. The Kier molecular flexibility index (Phi) is 8.21. The van der Waals surface area contributed by atoms with Gasteiger partial charge in [-0.2, -0.15) is 4.31 Å². The molecule has 9 heteroatoms. The molecule has 28 heavy (non-hydrogen) atoms. The number of nitrogens with one attached hydrogen (secondary N) is 1. The van der Waals surface area contributed by atoms with Crippen molar-refractivity contribution in [1.29, 1.82) is 0 Å². The van der Waals surface area contributed by atoms with Gasteiger partial charge >= 0.3 is 0 Å². The van der Waals surface area contributed by atoms with Gasteiger partial charge < -0.3 is 15.0 Å². The van der Waals surface area contributed by atoms with Crippen LogP contribution in [0.3, 0.4) is 0 Å². The summed E-state index contributed by atoms with van der Waals surface area (Å²) in [6.45, 7) is 8.20. The average Bonchev–Trinajstić information content (AvgIpc) is 2.65. The number of sulfonamides is 1. The number of ether oxygens (including phenoxy) is 1. The maximum Gasteiger partial charge on any atom is 0.216 e. The van der Waals surface area contributed by atoms with Crippen LogP contribution in [0.15, 0.2) is 23.2 Å². The summed E-state index contributed by atoms with van der Waals surface area (Å²) in [4.78, 5) is 6.33. The van der Waals surface area contributed by atoms with E-state index in [1.165, 1.54) is 10.4 Å². The largest absolute Gasteiger partial charge is 0.378 e. The van der Waals surface area contributed by atoms with Crippen LogP contribution in [0.25, 0.3) is 0 Å². The fourth-order valence-electron chi connectivity index (χ4n) is 3.03. The average molecular weight is 415 g/mol. The zero-order valence-electron chi connectivity index (χ0n) is 17.1. The normalized spacial score (nSPS) is 16.6. The summed E-state index contributed by atoms with van der Waals surface area (Å²) in [5.41, 5.74) is 1.57. The van der Waals surface area contributed by atoms with Crippen LogP contribution in [-0.4, -0.2) is 75.3 Å². The standard InChI is InChI=1S/C19H31FN4O3S/c1-15(2)27-11-12-28(25,26)24-9-7-23(8-10-24)19(21-4)22-14-17-5-6-18(20)16(3)13-17/h5-6,13,15H,7-12,14H2,1-4H3,(H,21,22). The lowest BCUT2D eigenvalue weighted by molar-refractivity contribution is 0.0904. The number of nitrogens with zero attached hydrogens (tertiary/aromatic N) is 3. The van der Waals surface area contributed by atoms with Crippen molar-refractivity contribution in [2.75, 3.05) is 45.6 Å². The maximum atomic E-state index is 13.4. The van der Waals surface area contributed by atoms with E-state index in [0.29, 0.717) is 44.2 Å². The number of halogens is 1. The first-order chi connectivity index (χ1) is 13.2. The van der Waals surface area contributed by atoms with Crippen molar-refractivity contribution < 1.29 is 17.5 Å². The molecule has 0 amide bonds. The molecule has 0 aliphatic carbocycles. The monoisotopic (exact) mass is 414 g/mol. The smallest absolute Gasteiger partial charge is 0.216 e. The van der Waals surface area contributed by atoms with E-state index in [4.69, 9.17) is 4.74 Å². The number of hydrogen-bond acceptors (Lipinski definition) is 4. The highest BCUT2D eigenvalue weighted by atomic mass is 32.2. The Bertz CT molecular complexity index is 775. The minimum atomic E-state index is -3.31. The second kappa shape index (κ2) is 10.2. The van der Waals surface area contributed by atoms with E-state index < -0.39 is 10.0 Å². The summed E-state index contributed by atoms with van der Waals surface area (Å²) in [5.74, 6) is 0.494. The molecule has 1 saturated heterocycles. The van der Waals surface area contributed by atoms with Gasteiger partial charge in [-0.05, 0) is 38.0 Å². The second-order valence-electron chi connectivity index (χ2n) is 7.11. The first-order valence-corrected chi connectivity index (χ1v) is 11.1. The number of hydrogen-bond donors (Lipinski definition) is 1. The Labute approximate surface area is 167 Å². The summed E-state index contributed by atoms with van der Waals surface area (Å²) in [6, 6.07) is 5.01. The van der Waals surface area contributed by atoms with Crippen LogP contribution in [0.2, 0.25) is 0 Å². The van der Waals surface area contributed by atoms with Gasteiger partial charge in [0.15, 0.2) is 5.96 Å². The molecular formula is C19H31FN4O3S. The van der Waals surface area contributed by atoms with Crippen LogP contribution in [0.4, 0.5) is 4.39 Å². The molecule has 1 aromatic rings. The molecule has 0 aromatic heterocycles. The van der Waals surface area contributed by atoms with E-state index in [2.05, 4.69) is 10.3 Å². The Hall–Kier alpha value is -1.71. The summed E-state index contributed by atoms with van der Waals surface area (Å²) >= 11 is 0. The van der Waals surface area contributed by atoms with Crippen molar-refractivity contribution in [3.63, 3.8) is 0 Å². The minimum absolute atomic E-state index is 0.00206. The van der Waals surface area contributed by atoms with Crippen LogP contribution in [-0.2, 0) is 21.3 Å². The van der Waals surface area contributed by atoms with Crippen LogP contribution >= 0.6 is 0 Å². The number of piperazine rings is 1. The Morgan fingerprint density at radius 2 is 1.96 bits per heavy atom. The topological polar surface area (TPSA) is 74.2 Å². The summed E-state index contributed by atoms with van der Waals surface area (Å²) < 4.78 is 45.1. The highest BCUT2D eigenvalue weighted by Gasteiger charge is 2.28. The van der Waals surface area contributed by atoms with Gasteiger partial charge in [0.2, 0.25) is 10.0 Å². The lowest BCUT2D eigenvalue weighted by atomic mass is 10.1. The zero-order chi connectivity index (χ0) is 20.7.